The van der Waals surface area contributed by atoms with E-state index < -0.39 is 0 Å². The Morgan fingerprint density at radius 1 is 1.50 bits per heavy atom. The minimum absolute atomic E-state index is 0.907. The summed E-state index contributed by atoms with van der Waals surface area (Å²) in [4.78, 5) is 0. The fourth-order valence-electron chi connectivity index (χ4n) is 1.01. The van der Waals surface area contributed by atoms with E-state index in [1.54, 1.807) is 0 Å². The number of rotatable bonds is 4. The van der Waals surface area contributed by atoms with E-state index in [1.165, 1.54) is 19.3 Å². The van der Waals surface area contributed by atoms with Crippen LogP contribution in [0.2, 0.25) is 0 Å². The van der Waals surface area contributed by atoms with Crippen molar-refractivity contribution in [1.82, 2.24) is 0 Å². The number of hydrogen-bond donors (Lipinski definition) is 0. The van der Waals surface area contributed by atoms with Crippen LogP contribution in [0.5, 0.6) is 0 Å². The van der Waals surface area contributed by atoms with Crippen LogP contribution in [0.4, 0.5) is 0 Å². The smallest absolute Gasteiger partial charge is 0.0414 e. The van der Waals surface area contributed by atoms with Crippen LogP contribution >= 0.6 is 0 Å². The molecule has 8 heavy (non-hydrogen) atoms. The molecule has 0 fully saturated rings. The first-order valence-corrected chi connectivity index (χ1v) is 3.59. The van der Waals surface area contributed by atoms with E-state index >= 15 is 0 Å². The van der Waals surface area contributed by atoms with Gasteiger partial charge in [0.15, 0.2) is 0 Å². The van der Waals surface area contributed by atoms with E-state index in [0.717, 1.165) is 5.92 Å². The highest BCUT2D eigenvalue weighted by Gasteiger charge is 1.95. The molecular formula is C8H17. The first-order chi connectivity index (χ1) is 3.81. The van der Waals surface area contributed by atoms with Crippen molar-refractivity contribution in [3.05, 3.63) is 6.42 Å². The van der Waals surface area contributed by atoms with Gasteiger partial charge in [0, 0.05) is 0 Å². The molecule has 0 aromatic carbocycles. The first kappa shape index (κ1) is 8.00. The van der Waals surface area contributed by atoms with Crippen LogP contribution in [-0.4, -0.2) is 0 Å². The Hall–Kier alpha value is 0. The van der Waals surface area contributed by atoms with Gasteiger partial charge in [-0.1, -0.05) is 33.6 Å². The molecule has 0 heterocycles. The van der Waals surface area contributed by atoms with Crippen LogP contribution in [0.25, 0.3) is 0 Å². The zero-order valence-electron chi connectivity index (χ0n) is 6.28. The third-order valence-electron chi connectivity index (χ3n) is 1.42. The maximum absolute atomic E-state index is 2.31. The van der Waals surface area contributed by atoms with Crippen LogP contribution in [0.3, 0.4) is 0 Å². The average molecular weight is 113 g/mol. The lowest BCUT2D eigenvalue weighted by Crippen LogP contribution is -1.91. The van der Waals surface area contributed by atoms with E-state index in [1.807, 2.05) is 0 Å². The summed E-state index contributed by atoms with van der Waals surface area (Å²) in [7, 11) is 0. The molecule has 0 aliphatic heterocycles. The molecule has 0 spiro atoms. The van der Waals surface area contributed by atoms with Gasteiger partial charge in [-0.3, -0.25) is 0 Å². The average Bonchev–Trinajstić information content (AvgIpc) is 1.68. The van der Waals surface area contributed by atoms with E-state index in [-0.39, 0.29) is 0 Å². The molecular weight excluding hydrogens is 96.1 g/mol. The fourth-order valence-corrected chi connectivity index (χ4v) is 1.01. The van der Waals surface area contributed by atoms with Gasteiger partial charge < -0.3 is 0 Å². The zero-order chi connectivity index (χ0) is 6.41. The lowest BCUT2D eigenvalue weighted by atomic mass is 10.0. The van der Waals surface area contributed by atoms with Crippen molar-refractivity contribution in [2.24, 2.45) is 5.92 Å². The molecule has 1 atom stereocenters. The molecule has 0 saturated carbocycles. The quantitative estimate of drug-likeness (QED) is 0.525. The predicted molar refractivity (Wildman–Crippen MR) is 38.7 cm³/mol. The van der Waals surface area contributed by atoms with Crippen molar-refractivity contribution >= 4 is 0 Å². The molecule has 0 saturated heterocycles. The summed E-state index contributed by atoms with van der Waals surface area (Å²) in [5.74, 6) is 0.907. The van der Waals surface area contributed by atoms with Gasteiger partial charge in [-0.2, -0.15) is 0 Å². The van der Waals surface area contributed by atoms with Crippen molar-refractivity contribution in [3.8, 4) is 0 Å². The summed E-state index contributed by atoms with van der Waals surface area (Å²) in [6.07, 6.45) is 6.24. The summed E-state index contributed by atoms with van der Waals surface area (Å²) >= 11 is 0. The molecule has 0 aliphatic carbocycles. The van der Waals surface area contributed by atoms with Gasteiger partial charge >= 0.3 is 0 Å². The van der Waals surface area contributed by atoms with Gasteiger partial charge in [-0.25, -0.2) is 0 Å². The maximum Gasteiger partial charge on any atom is -0.0414 e. The lowest BCUT2D eigenvalue weighted by Gasteiger charge is -2.05. The third kappa shape index (κ3) is 4.17. The minimum atomic E-state index is 0.907. The SMILES string of the molecule is C[CH]CC(C)CCC. The van der Waals surface area contributed by atoms with Gasteiger partial charge in [-0.15, -0.1) is 0 Å². The van der Waals surface area contributed by atoms with E-state index in [0.29, 0.717) is 0 Å². The summed E-state index contributed by atoms with van der Waals surface area (Å²) in [5.41, 5.74) is 0. The molecule has 0 aromatic rings. The van der Waals surface area contributed by atoms with E-state index in [2.05, 4.69) is 27.2 Å². The molecule has 1 unspecified atom stereocenters. The highest BCUT2D eigenvalue weighted by atomic mass is 14.0. The van der Waals surface area contributed by atoms with Gasteiger partial charge in [0.2, 0.25) is 0 Å². The molecule has 0 aliphatic rings. The van der Waals surface area contributed by atoms with Crippen molar-refractivity contribution < 1.29 is 0 Å². The molecule has 1 radical (unpaired) electrons. The second-order valence-electron chi connectivity index (χ2n) is 2.54. The fraction of sp³-hybridized carbons (Fsp3) is 0.875. The summed E-state index contributed by atoms with van der Waals surface area (Å²) in [6, 6.07) is 0. The second-order valence-corrected chi connectivity index (χ2v) is 2.54. The van der Waals surface area contributed by atoms with Gasteiger partial charge in [0.05, 0.1) is 0 Å². The van der Waals surface area contributed by atoms with E-state index in [9.17, 15) is 0 Å². The lowest BCUT2D eigenvalue weighted by molar-refractivity contribution is 0.518. The molecule has 49 valence electrons. The van der Waals surface area contributed by atoms with E-state index in [4.69, 9.17) is 0 Å². The topological polar surface area (TPSA) is 0 Å². The van der Waals surface area contributed by atoms with Crippen LogP contribution in [-0.2, 0) is 0 Å². The molecule has 0 aromatic heterocycles. The Morgan fingerprint density at radius 3 is 2.50 bits per heavy atom. The van der Waals surface area contributed by atoms with Gasteiger partial charge in [-0.05, 0) is 18.8 Å². The highest BCUT2D eigenvalue weighted by molar-refractivity contribution is 4.61. The summed E-state index contributed by atoms with van der Waals surface area (Å²) < 4.78 is 0. The maximum atomic E-state index is 2.31. The third-order valence-corrected chi connectivity index (χ3v) is 1.42. The van der Waals surface area contributed by atoms with Gasteiger partial charge in [0.1, 0.15) is 0 Å². The largest absolute Gasteiger partial charge is 0.0654 e. The molecule has 0 rings (SSSR count). The Kier molecular flexibility index (Phi) is 5.14. The Balaban J connectivity index is 2.92. The standard InChI is InChI=1S/C8H17/c1-4-6-8(3)7-5-2/h4,8H,5-7H2,1-3H3. The van der Waals surface area contributed by atoms with Crippen LogP contribution < -0.4 is 0 Å². The summed E-state index contributed by atoms with van der Waals surface area (Å²) in [6.45, 7) is 6.68. The predicted octanol–water partition coefficient (Wildman–Crippen LogP) is 3.04. The monoisotopic (exact) mass is 113 g/mol. The molecule has 0 heteroatoms. The van der Waals surface area contributed by atoms with Crippen LogP contribution in [0.1, 0.15) is 40.0 Å². The van der Waals surface area contributed by atoms with Crippen LogP contribution in [0, 0.1) is 12.3 Å². The molecule has 0 N–H and O–H groups in total. The minimum Gasteiger partial charge on any atom is -0.0654 e. The Bertz CT molecular complexity index is 33.3. The number of hydrogen-bond acceptors (Lipinski definition) is 0. The van der Waals surface area contributed by atoms with Crippen LogP contribution in [0.15, 0.2) is 0 Å². The molecule has 0 nitrogen and oxygen atoms in total. The normalized spacial score (nSPS) is 10.5. The van der Waals surface area contributed by atoms with Crippen molar-refractivity contribution in [3.63, 3.8) is 0 Å². The molecule has 0 bridgehead atoms. The molecule has 0 amide bonds. The van der Waals surface area contributed by atoms with Crippen molar-refractivity contribution in [1.29, 1.82) is 0 Å². The van der Waals surface area contributed by atoms with Crippen molar-refractivity contribution in [2.45, 2.75) is 40.0 Å². The first-order valence-electron chi connectivity index (χ1n) is 3.59. The Labute approximate surface area is 53.3 Å². The zero-order valence-corrected chi connectivity index (χ0v) is 6.28. The van der Waals surface area contributed by atoms with Crippen molar-refractivity contribution in [2.75, 3.05) is 0 Å². The van der Waals surface area contributed by atoms with Gasteiger partial charge in [0.25, 0.3) is 0 Å². The highest BCUT2D eigenvalue weighted by Crippen LogP contribution is 2.10. The summed E-state index contributed by atoms with van der Waals surface area (Å²) in [5, 5.41) is 0. The Morgan fingerprint density at radius 2 is 2.12 bits per heavy atom. The second kappa shape index (κ2) is 5.14.